The van der Waals surface area contributed by atoms with E-state index in [1.807, 2.05) is 36.5 Å². The maximum atomic E-state index is 12.1. The number of quaternary nitrogens is 1. The average molecular weight is 385 g/mol. The molecule has 1 N–H and O–H groups in total. The molecule has 0 unspecified atom stereocenters. The molecule has 2 rings (SSSR count). The van der Waals surface area contributed by atoms with Crippen LogP contribution in [-0.4, -0.2) is 36.2 Å². The Morgan fingerprint density at radius 1 is 1.10 bits per heavy atom. The number of aromatic nitrogens is 1. The Morgan fingerprint density at radius 3 is 2.35 bits per heavy atom. The van der Waals surface area contributed by atoms with Gasteiger partial charge in [0.25, 0.3) is 5.91 Å². The van der Waals surface area contributed by atoms with Crippen LogP contribution < -0.4 is 29.4 Å². The summed E-state index contributed by atoms with van der Waals surface area (Å²) in [5.74, 6) is -0.0977. The highest BCUT2D eigenvalue weighted by Crippen LogP contribution is 2.08. The molecule has 1 aromatic heterocycles. The molecular weight excluding hydrogens is 365 g/mol. The van der Waals surface area contributed by atoms with E-state index in [1.54, 1.807) is 16.8 Å². The summed E-state index contributed by atoms with van der Waals surface area (Å²) >= 11 is 0. The van der Waals surface area contributed by atoms with Gasteiger partial charge in [-0.25, -0.2) is 0 Å². The SMILES string of the molecule is C[N+](C)(C)Cc1cccn1NC(=O)c1ccccc1.[I-]. The molecule has 1 aromatic carbocycles. The quantitative estimate of drug-likeness (QED) is 0.537. The van der Waals surface area contributed by atoms with Crippen LogP contribution in [0.4, 0.5) is 0 Å². The fourth-order valence-electron chi connectivity index (χ4n) is 1.90. The van der Waals surface area contributed by atoms with Crippen LogP contribution in [0.15, 0.2) is 48.7 Å². The van der Waals surface area contributed by atoms with Crippen molar-refractivity contribution in [2.24, 2.45) is 0 Å². The first-order valence-electron chi connectivity index (χ1n) is 6.29. The van der Waals surface area contributed by atoms with E-state index >= 15 is 0 Å². The maximum absolute atomic E-state index is 12.1. The van der Waals surface area contributed by atoms with Crippen molar-refractivity contribution in [2.45, 2.75) is 6.54 Å². The Balaban J connectivity index is 0.00000200. The largest absolute Gasteiger partial charge is 1.00 e. The van der Waals surface area contributed by atoms with Crippen molar-refractivity contribution in [2.75, 3.05) is 26.6 Å². The van der Waals surface area contributed by atoms with Crippen LogP contribution in [0, 0.1) is 0 Å². The second-order valence-electron chi connectivity index (χ2n) is 5.62. The number of nitrogens with zero attached hydrogens (tertiary/aromatic N) is 2. The molecule has 0 spiro atoms. The van der Waals surface area contributed by atoms with Gasteiger partial charge in [0.05, 0.1) is 26.8 Å². The third-order valence-corrected chi connectivity index (χ3v) is 2.73. The highest BCUT2D eigenvalue weighted by molar-refractivity contribution is 5.99. The van der Waals surface area contributed by atoms with Crippen molar-refractivity contribution in [1.82, 2.24) is 4.68 Å². The minimum atomic E-state index is -0.0977. The summed E-state index contributed by atoms with van der Waals surface area (Å²) in [6.07, 6.45) is 1.87. The first-order chi connectivity index (χ1) is 8.96. The predicted molar refractivity (Wildman–Crippen MR) is 76.3 cm³/mol. The van der Waals surface area contributed by atoms with E-state index in [2.05, 4.69) is 26.6 Å². The summed E-state index contributed by atoms with van der Waals surface area (Å²) in [7, 11) is 6.36. The molecule has 0 saturated heterocycles. The van der Waals surface area contributed by atoms with E-state index in [4.69, 9.17) is 0 Å². The number of halogens is 1. The van der Waals surface area contributed by atoms with Crippen LogP contribution in [0.3, 0.4) is 0 Å². The number of carbonyl (C=O) groups excluding carboxylic acids is 1. The van der Waals surface area contributed by atoms with Gasteiger partial charge in [-0.3, -0.25) is 14.9 Å². The van der Waals surface area contributed by atoms with Crippen molar-refractivity contribution in [3.63, 3.8) is 0 Å². The van der Waals surface area contributed by atoms with Crippen molar-refractivity contribution < 1.29 is 33.3 Å². The number of hydrogen-bond donors (Lipinski definition) is 1. The van der Waals surface area contributed by atoms with Gasteiger partial charge in [-0.1, -0.05) is 18.2 Å². The minimum Gasteiger partial charge on any atom is -1.00 e. The number of rotatable bonds is 4. The minimum absolute atomic E-state index is 0. The lowest BCUT2D eigenvalue weighted by Crippen LogP contribution is -3.00. The Morgan fingerprint density at radius 2 is 1.75 bits per heavy atom. The number of hydrogen-bond acceptors (Lipinski definition) is 1. The van der Waals surface area contributed by atoms with Gasteiger partial charge >= 0.3 is 0 Å². The van der Waals surface area contributed by atoms with Gasteiger partial charge < -0.3 is 28.5 Å². The molecule has 0 aliphatic carbocycles. The van der Waals surface area contributed by atoms with Gasteiger partial charge in [0.1, 0.15) is 6.54 Å². The molecule has 0 radical (unpaired) electrons. The van der Waals surface area contributed by atoms with Gasteiger partial charge in [0, 0.05) is 11.8 Å². The Bertz CT molecular complexity index is 558. The molecule has 0 aliphatic rings. The van der Waals surface area contributed by atoms with E-state index in [9.17, 15) is 4.79 Å². The third kappa shape index (κ3) is 4.64. The van der Waals surface area contributed by atoms with Crippen LogP contribution in [-0.2, 0) is 6.54 Å². The summed E-state index contributed by atoms with van der Waals surface area (Å²) in [6.45, 7) is 0.849. The lowest BCUT2D eigenvalue weighted by Gasteiger charge is -2.24. The second kappa shape index (κ2) is 6.90. The zero-order valence-corrected chi connectivity index (χ0v) is 14.2. The fourth-order valence-corrected chi connectivity index (χ4v) is 1.90. The lowest BCUT2D eigenvalue weighted by molar-refractivity contribution is -0.884. The molecule has 2 aromatic rings. The third-order valence-electron chi connectivity index (χ3n) is 2.73. The predicted octanol–water partition coefficient (Wildman–Crippen LogP) is -0.918. The van der Waals surface area contributed by atoms with Crippen molar-refractivity contribution in [1.29, 1.82) is 0 Å². The summed E-state index contributed by atoms with van der Waals surface area (Å²) in [5.41, 5.74) is 4.64. The first kappa shape index (κ1) is 16.7. The molecule has 1 amide bonds. The molecule has 20 heavy (non-hydrogen) atoms. The molecule has 0 atom stereocenters. The Kier molecular flexibility index (Phi) is 5.76. The summed E-state index contributed by atoms with van der Waals surface area (Å²) in [4.78, 5) is 12.1. The number of carbonyl (C=O) groups is 1. The first-order valence-corrected chi connectivity index (χ1v) is 6.29. The molecule has 0 saturated carbocycles. The highest BCUT2D eigenvalue weighted by Gasteiger charge is 2.13. The van der Waals surface area contributed by atoms with Crippen LogP contribution in [0.5, 0.6) is 0 Å². The zero-order valence-electron chi connectivity index (χ0n) is 12.0. The second-order valence-corrected chi connectivity index (χ2v) is 5.62. The van der Waals surface area contributed by atoms with Crippen LogP contribution in [0.25, 0.3) is 0 Å². The molecule has 0 fully saturated rings. The van der Waals surface area contributed by atoms with E-state index < -0.39 is 0 Å². The van der Waals surface area contributed by atoms with Gasteiger partial charge in [0.15, 0.2) is 0 Å². The van der Waals surface area contributed by atoms with Crippen LogP contribution >= 0.6 is 0 Å². The smallest absolute Gasteiger partial charge is 0.270 e. The molecule has 0 aliphatic heterocycles. The van der Waals surface area contributed by atoms with Crippen LogP contribution in [0.2, 0.25) is 0 Å². The maximum Gasteiger partial charge on any atom is 0.270 e. The molecule has 1 heterocycles. The highest BCUT2D eigenvalue weighted by atomic mass is 127. The monoisotopic (exact) mass is 385 g/mol. The van der Waals surface area contributed by atoms with Crippen molar-refractivity contribution in [3.8, 4) is 0 Å². The van der Waals surface area contributed by atoms with Gasteiger partial charge in [-0.15, -0.1) is 0 Å². The molecular formula is C15H20IN3O. The normalized spacial score (nSPS) is 10.8. The molecule has 0 bridgehead atoms. The summed E-state index contributed by atoms with van der Waals surface area (Å²) in [5, 5.41) is 0. The zero-order chi connectivity index (χ0) is 13.9. The Labute approximate surface area is 137 Å². The van der Waals surface area contributed by atoms with Crippen molar-refractivity contribution in [3.05, 3.63) is 59.9 Å². The lowest BCUT2D eigenvalue weighted by atomic mass is 10.2. The summed E-state index contributed by atoms with van der Waals surface area (Å²) in [6, 6.07) is 13.2. The van der Waals surface area contributed by atoms with E-state index in [1.165, 1.54) is 0 Å². The van der Waals surface area contributed by atoms with Gasteiger partial charge in [-0.05, 0) is 24.3 Å². The average Bonchev–Trinajstić information content (AvgIpc) is 2.75. The molecule has 108 valence electrons. The van der Waals surface area contributed by atoms with Crippen LogP contribution in [0.1, 0.15) is 16.1 Å². The van der Waals surface area contributed by atoms with E-state index in [0.717, 1.165) is 16.7 Å². The fraction of sp³-hybridized carbons (Fsp3) is 0.267. The standard InChI is InChI=1S/C15H19N3O.HI/c1-18(2,3)12-14-10-7-11-17(14)16-15(19)13-8-5-4-6-9-13;/h4-11H,12H2,1-3H3;1H. The number of benzene rings is 1. The van der Waals surface area contributed by atoms with Gasteiger partial charge in [0.2, 0.25) is 0 Å². The molecule has 5 heteroatoms. The van der Waals surface area contributed by atoms with E-state index in [0.29, 0.717) is 5.56 Å². The number of amides is 1. The molecule has 4 nitrogen and oxygen atoms in total. The van der Waals surface area contributed by atoms with Crippen molar-refractivity contribution >= 4 is 5.91 Å². The topological polar surface area (TPSA) is 34.0 Å². The summed E-state index contributed by atoms with van der Waals surface area (Å²) < 4.78 is 2.60. The van der Waals surface area contributed by atoms with E-state index in [-0.39, 0.29) is 29.9 Å². The Hall–Kier alpha value is -1.34. The number of nitrogens with one attached hydrogen (secondary N) is 1. The van der Waals surface area contributed by atoms with Gasteiger partial charge in [-0.2, -0.15) is 0 Å².